The lowest BCUT2D eigenvalue weighted by Gasteiger charge is -2.10. The summed E-state index contributed by atoms with van der Waals surface area (Å²) >= 11 is 2.93. The van der Waals surface area contributed by atoms with Crippen molar-refractivity contribution in [3.05, 3.63) is 44.4 Å². The van der Waals surface area contributed by atoms with Gasteiger partial charge in [0.15, 0.2) is 11.5 Å². The third-order valence-electron chi connectivity index (χ3n) is 4.17. The number of rotatable bonds is 9. The highest BCUT2D eigenvalue weighted by Gasteiger charge is 2.18. The average Bonchev–Trinajstić information content (AvgIpc) is 3.26. The van der Waals surface area contributed by atoms with Gasteiger partial charge >= 0.3 is 5.97 Å². The summed E-state index contributed by atoms with van der Waals surface area (Å²) in [5, 5.41) is 17.7. The molecule has 0 atom stereocenters. The summed E-state index contributed by atoms with van der Waals surface area (Å²) in [5.41, 5.74) is 1.20. The summed E-state index contributed by atoms with van der Waals surface area (Å²) < 4.78 is 27.6. The molecule has 0 aliphatic rings. The van der Waals surface area contributed by atoms with Gasteiger partial charge in [0.1, 0.15) is 16.4 Å². The standard InChI is InChI=1S/C21H19IN2O7S/c1-27-13-8-12(9-14(10-13)28-2)19-23-24-21(31-19)32-17(20(25)26)7-11-5-15(22)18(30-4)16(6-11)29-3/h5-10H,1-4H3,(H,25,26)/b17-7-. The Balaban J connectivity index is 1.91. The van der Waals surface area contributed by atoms with Gasteiger partial charge in [0.05, 0.1) is 32.0 Å². The van der Waals surface area contributed by atoms with E-state index in [0.29, 0.717) is 34.1 Å². The molecule has 168 valence electrons. The van der Waals surface area contributed by atoms with Crippen molar-refractivity contribution in [1.82, 2.24) is 10.2 Å². The fourth-order valence-electron chi connectivity index (χ4n) is 2.70. The van der Waals surface area contributed by atoms with Gasteiger partial charge in [-0.25, -0.2) is 4.79 Å². The lowest BCUT2D eigenvalue weighted by Crippen LogP contribution is -1.98. The number of halogens is 1. The number of methoxy groups -OCH3 is 4. The number of aromatic nitrogens is 2. The Bertz CT molecular complexity index is 1140. The molecule has 1 N–H and O–H groups in total. The predicted octanol–water partition coefficient (Wildman–Crippen LogP) is 4.59. The summed E-state index contributed by atoms with van der Waals surface area (Å²) in [5.74, 6) is 1.25. The van der Waals surface area contributed by atoms with Gasteiger partial charge in [0, 0.05) is 11.6 Å². The zero-order chi connectivity index (χ0) is 23.3. The van der Waals surface area contributed by atoms with Gasteiger partial charge in [0.2, 0.25) is 5.89 Å². The van der Waals surface area contributed by atoms with Gasteiger partial charge in [-0.3, -0.25) is 0 Å². The highest BCUT2D eigenvalue weighted by atomic mass is 127. The van der Waals surface area contributed by atoms with Crippen LogP contribution in [0.5, 0.6) is 23.0 Å². The zero-order valence-electron chi connectivity index (χ0n) is 17.5. The average molecular weight is 570 g/mol. The van der Waals surface area contributed by atoms with Gasteiger partial charge < -0.3 is 28.5 Å². The highest BCUT2D eigenvalue weighted by molar-refractivity contribution is 14.1. The van der Waals surface area contributed by atoms with Crippen LogP contribution in [0.2, 0.25) is 0 Å². The number of nitrogens with zero attached hydrogens (tertiary/aromatic N) is 2. The zero-order valence-corrected chi connectivity index (χ0v) is 20.5. The van der Waals surface area contributed by atoms with Crippen LogP contribution in [0.15, 0.2) is 44.9 Å². The van der Waals surface area contributed by atoms with Crippen molar-refractivity contribution in [3.63, 3.8) is 0 Å². The van der Waals surface area contributed by atoms with E-state index in [2.05, 4.69) is 32.8 Å². The summed E-state index contributed by atoms with van der Waals surface area (Å²) in [6, 6.07) is 8.61. The molecule has 9 nitrogen and oxygen atoms in total. The van der Waals surface area contributed by atoms with Gasteiger partial charge in [-0.1, -0.05) is 0 Å². The Morgan fingerprint density at radius 2 is 1.69 bits per heavy atom. The molecule has 3 rings (SSSR count). The first-order valence-electron chi connectivity index (χ1n) is 8.99. The van der Waals surface area contributed by atoms with Gasteiger partial charge in [-0.05, 0) is 70.3 Å². The third kappa shape index (κ3) is 5.46. The molecular weight excluding hydrogens is 551 g/mol. The molecule has 0 aliphatic heterocycles. The molecule has 0 saturated heterocycles. The summed E-state index contributed by atoms with van der Waals surface area (Å²) in [6.07, 6.45) is 1.50. The Labute approximate surface area is 201 Å². The lowest BCUT2D eigenvalue weighted by molar-refractivity contribution is -0.131. The Kier molecular flexibility index (Phi) is 7.85. The molecule has 0 radical (unpaired) electrons. The fraction of sp³-hybridized carbons (Fsp3) is 0.190. The largest absolute Gasteiger partial charge is 0.497 e. The topological polar surface area (TPSA) is 113 Å². The van der Waals surface area contributed by atoms with Crippen LogP contribution in [0.3, 0.4) is 0 Å². The number of carboxylic acid groups (broad SMARTS) is 1. The number of aliphatic carboxylic acids is 1. The quantitative estimate of drug-likeness (QED) is 0.223. The van der Waals surface area contributed by atoms with E-state index in [1.165, 1.54) is 27.4 Å². The van der Waals surface area contributed by atoms with Crippen LogP contribution >= 0.6 is 34.4 Å². The van der Waals surface area contributed by atoms with Crippen molar-refractivity contribution in [1.29, 1.82) is 0 Å². The predicted molar refractivity (Wildman–Crippen MR) is 127 cm³/mol. The minimum absolute atomic E-state index is 0.00792. The van der Waals surface area contributed by atoms with Crippen LogP contribution in [0.1, 0.15) is 5.56 Å². The molecule has 0 aliphatic carbocycles. The maximum atomic E-state index is 11.8. The summed E-state index contributed by atoms with van der Waals surface area (Å²) in [6.45, 7) is 0. The molecule has 32 heavy (non-hydrogen) atoms. The SMILES string of the molecule is COc1cc(OC)cc(-c2nnc(S/C(=C\c3cc(I)c(OC)c(OC)c3)C(=O)O)o2)c1. The molecule has 0 fully saturated rings. The normalized spacial score (nSPS) is 11.2. The van der Waals surface area contributed by atoms with E-state index in [-0.39, 0.29) is 16.0 Å². The van der Waals surface area contributed by atoms with E-state index in [0.717, 1.165) is 15.3 Å². The van der Waals surface area contributed by atoms with Crippen molar-refractivity contribution in [2.45, 2.75) is 5.22 Å². The second-order valence-corrected chi connectivity index (χ2v) is 8.28. The van der Waals surface area contributed by atoms with E-state index in [1.54, 1.807) is 37.4 Å². The maximum Gasteiger partial charge on any atom is 0.342 e. The number of ether oxygens (including phenoxy) is 4. The minimum atomic E-state index is -1.14. The Morgan fingerprint density at radius 3 is 2.25 bits per heavy atom. The first kappa shape index (κ1) is 23.7. The van der Waals surface area contributed by atoms with Crippen LogP contribution in [0.4, 0.5) is 0 Å². The summed E-state index contributed by atoms with van der Waals surface area (Å²) in [7, 11) is 6.13. The van der Waals surface area contributed by atoms with Crippen LogP contribution in [-0.2, 0) is 4.79 Å². The van der Waals surface area contributed by atoms with E-state index in [1.807, 2.05) is 0 Å². The van der Waals surface area contributed by atoms with Crippen molar-refractivity contribution in [2.75, 3.05) is 28.4 Å². The first-order valence-corrected chi connectivity index (χ1v) is 10.9. The molecule has 0 amide bonds. The number of hydrogen-bond donors (Lipinski definition) is 1. The fourth-order valence-corrected chi connectivity index (χ4v) is 4.22. The smallest absolute Gasteiger partial charge is 0.342 e. The minimum Gasteiger partial charge on any atom is -0.497 e. The molecule has 0 saturated carbocycles. The highest BCUT2D eigenvalue weighted by Crippen LogP contribution is 2.36. The molecular formula is C21H19IN2O7S. The Hall–Kier alpha value is -2.93. The van der Waals surface area contributed by atoms with E-state index >= 15 is 0 Å². The second kappa shape index (κ2) is 10.6. The number of benzene rings is 2. The van der Waals surface area contributed by atoms with Crippen molar-refractivity contribution < 1.29 is 33.3 Å². The van der Waals surface area contributed by atoms with Gasteiger partial charge in [-0.15, -0.1) is 10.2 Å². The number of carbonyl (C=O) groups is 1. The third-order valence-corrected chi connectivity index (χ3v) is 5.82. The van der Waals surface area contributed by atoms with Gasteiger partial charge in [0.25, 0.3) is 5.22 Å². The van der Waals surface area contributed by atoms with Crippen molar-refractivity contribution in [2.24, 2.45) is 0 Å². The molecule has 0 spiro atoms. The molecule has 0 unspecified atom stereocenters. The number of thioether (sulfide) groups is 1. The summed E-state index contributed by atoms with van der Waals surface area (Å²) in [4.78, 5) is 11.8. The Morgan fingerprint density at radius 1 is 1.00 bits per heavy atom. The first-order chi connectivity index (χ1) is 15.4. The van der Waals surface area contributed by atoms with E-state index < -0.39 is 5.97 Å². The van der Waals surface area contributed by atoms with Crippen LogP contribution in [0, 0.1) is 3.57 Å². The number of carboxylic acids is 1. The molecule has 3 aromatic rings. The second-order valence-electron chi connectivity index (χ2n) is 6.13. The monoisotopic (exact) mass is 570 g/mol. The van der Waals surface area contributed by atoms with Crippen LogP contribution < -0.4 is 18.9 Å². The van der Waals surface area contributed by atoms with E-state index in [9.17, 15) is 9.90 Å². The molecule has 2 aromatic carbocycles. The van der Waals surface area contributed by atoms with Crippen LogP contribution in [-0.4, -0.2) is 49.7 Å². The lowest BCUT2D eigenvalue weighted by atomic mass is 10.2. The van der Waals surface area contributed by atoms with Gasteiger partial charge in [-0.2, -0.15) is 0 Å². The van der Waals surface area contributed by atoms with Crippen LogP contribution in [0.25, 0.3) is 17.5 Å². The molecule has 0 bridgehead atoms. The van der Waals surface area contributed by atoms with Crippen molar-refractivity contribution >= 4 is 46.4 Å². The number of hydrogen-bond acceptors (Lipinski definition) is 9. The molecule has 1 heterocycles. The molecule has 1 aromatic heterocycles. The molecule has 11 heteroatoms. The van der Waals surface area contributed by atoms with Crippen molar-refractivity contribution in [3.8, 4) is 34.5 Å². The maximum absolute atomic E-state index is 11.8. The van der Waals surface area contributed by atoms with E-state index in [4.69, 9.17) is 23.4 Å².